The van der Waals surface area contributed by atoms with Crippen LogP contribution in [0.4, 0.5) is 28.4 Å². The number of hydrogen-bond acceptors (Lipinski definition) is 13. The molecule has 0 aromatic heterocycles. The summed E-state index contributed by atoms with van der Waals surface area (Å²) in [4.78, 5) is 38.7. The van der Waals surface area contributed by atoms with Gasteiger partial charge in [0.25, 0.3) is 11.8 Å². The predicted molar refractivity (Wildman–Crippen MR) is 263 cm³/mol. The second kappa shape index (κ2) is 19.9. The van der Waals surface area contributed by atoms with Gasteiger partial charge in [0.15, 0.2) is 23.0 Å². The number of para-hydroxylation sites is 2. The van der Waals surface area contributed by atoms with Crippen LogP contribution in [0.3, 0.4) is 0 Å². The molecule has 5 aromatic carbocycles. The van der Waals surface area contributed by atoms with Gasteiger partial charge in [-0.15, -0.1) is 0 Å². The Bertz CT molecular complexity index is 2670. The van der Waals surface area contributed by atoms with E-state index in [4.69, 9.17) is 50.8 Å². The van der Waals surface area contributed by atoms with Gasteiger partial charge in [-0.25, -0.2) is 0 Å². The van der Waals surface area contributed by atoms with E-state index in [9.17, 15) is 9.59 Å². The van der Waals surface area contributed by atoms with Crippen LogP contribution in [0, 0.1) is 0 Å². The molecule has 0 aliphatic carbocycles. The Kier molecular flexibility index (Phi) is 13.6. The second-order valence-electron chi connectivity index (χ2n) is 17.6. The van der Waals surface area contributed by atoms with Crippen LogP contribution in [0.2, 0.25) is 0 Å². The number of ether oxygens (including phenoxy) is 7. The molecule has 2 atom stereocenters. The number of thiol groups is 1. The number of carbonyl (C=O) groups is 2. The van der Waals surface area contributed by atoms with Crippen LogP contribution in [0.15, 0.2) is 96.0 Å². The molecule has 4 aliphatic rings. The molecule has 4 aliphatic heterocycles. The first-order valence-corrected chi connectivity index (χ1v) is 23.0. The van der Waals surface area contributed by atoms with Gasteiger partial charge in [-0.3, -0.25) is 24.4 Å². The molecule has 0 radical (unpaired) electrons. The van der Waals surface area contributed by atoms with Crippen LogP contribution in [0.25, 0.3) is 0 Å². The molecule has 1 unspecified atom stereocenters. The van der Waals surface area contributed by atoms with E-state index in [0.717, 1.165) is 39.3 Å². The van der Waals surface area contributed by atoms with Crippen molar-refractivity contribution in [1.82, 2.24) is 0 Å². The molecule has 0 saturated carbocycles. The van der Waals surface area contributed by atoms with Crippen LogP contribution < -0.4 is 39.0 Å². The molecule has 1 N–H and O–H groups in total. The maximum atomic E-state index is 14.1. The molecule has 15 heteroatoms. The average Bonchev–Trinajstić information content (AvgIpc) is 3.86. The smallest absolute Gasteiger partial charge is 0.262 e. The summed E-state index contributed by atoms with van der Waals surface area (Å²) in [5.41, 5.74) is 8.88. The number of benzene rings is 5. The zero-order valence-electron chi connectivity index (χ0n) is 38.6. The van der Waals surface area contributed by atoms with Gasteiger partial charge in [0, 0.05) is 73.2 Å². The lowest BCUT2D eigenvalue weighted by Gasteiger charge is -2.33. The molecule has 67 heavy (non-hydrogen) atoms. The maximum absolute atomic E-state index is 14.1. The summed E-state index contributed by atoms with van der Waals surface area (Å²) < 4.78 is 41.2. The highest BCUT2D eigenvalue weighted by molar-refractivity contribution is 7.81. The first kappa shape index (κ1) is 45.9. The Morgan fingerprint density at radius 2 is 1.30 bits per heavy atom. The fourth-order valence-corrected chi connectivity index (χ4v) is 9.37. The highest BCUT2D eigenvalue weighted by Crippen LogP contribution is 2.44. The van der Waals surface area contributed by atoms with Gasteiger partial charge in [-0.2, -0.15) is 12.6 Å². The zero-order chi connectivity index (χ0) is 46.7. The largest absolute Gasteiger partial charge is 0.493 e. The van der Waals surface area contributed by atoms with Gasteiger partial charge >= 0.3 is 0 Å². The Morgan fingerprint density at radius 3 is 1.97 bits per heavy atom. The first-order chi connectivity index (χ1) is 32.5. The maximum Gasteiger partial charge on any atom is 0.262 e. The molecule has 350 valence electrons. The van der Waals surface area contributed by atoms with Gasteiger partial charge in [0.1, 0.15) is 19.4 Å². The standard InChI is InChI=1S/C52H57N5O9S/c1-52(2,67)32-55(14-15-63-18-19-64-17-16-60-3)37-21-33(30-65-47-27-41-39(25-45(47)61-4)50(58)56-38(29-53-41)23-35-10-6-8-12-43(35)56)20-34(22-37)31-66-48-28-42-40(26-46(48)62-5)51(59)57-44-13-9-7-11-36(44)24-49(57)54-42/h6-13,20-22,25-29,38,49,54,67H,14-19,23-24,30-32H2,1-5H3/t38-,49?/m0/s1. The van der Waals surface area contributed by atoms with Crippen LogP contribution >= 0.6 is 12.6 Å². The minimum atomic E-state index is -0.353. The molecule has 5 aromatic rings. The summed E-state index contributed by atoms with van der Waals surface area (Å²) in [7, 11) is 4.79. The quantitative estimate of drug-likeness (QED) is 0.0577. The third-order valence-electron chi connectivity index (χ3n) is 12.3. The third-order valence-corrected chi connectivity index (χ3v) is 12.4. The molecule has 0 fully saturated rings. The summed E-state index contributed by atoms with van der Waals surface area (Å²) in [5, 5.41) is 3.58. The SMILES string of the molecule is COCCOCCOCCN(CC(C)(C)S)c1cc(COc2cc3c(cc2OC)C(=O)N2c4ccccc4C[C@H]2C=N3)cc(COc2cc3c(cc2OC)C(=O)N2c4ccccc4CC2N3)c1. The summed E-state index contributed by atoms with van der Waals surface area (Å²) in [6, 6.07) is 29.1. The molecule has 0 saturated heterocycles. The van der Waals surface area contributed by atoms with Crippen LogP contribution in [-0.4, -0.2) is 102 Å². The number of nitrogens with zero attached hydrogens (tertiary/aromatic N) is 4. The van der Waals surface area contributed by atoms with Crippen LogP contribution in [-0.2, 0) is 40.3 Å². The molecule has 2 amide bonds. The topological polar surface area (TPSA) is 133 Å². The highest BCUT2D eigenvalue weighted by atomic mass is 32.1. The van der Waals surface area contributed by atoms with Crippen molar-refractivity contribution in [1.29, 1.82) is 0 Å². The third kappa shape index (κ3) is 9.91. The molecular formula is C52H57N5O9S. The first-order valence-electron chi connectivity index (χ1n) is 22.6. The van der Waals surface area contributed by atoms with Crippen molar-refractivity contribution in [3.05, 3.63) is 124 Å². The minimum Gasteiger partial charge on any atom is -0.493 e. The van der Waals surface area contributed by atoms with Crippen LogP contribution in [0.5, 0.6) is 23.0 Å². The monoisotopic (exact) mass is 927 g/mol. The van der Waals surface area contributed by atoms with Crippen molar-refractivity contribution in [2.45, 2.75) is 56.9 Å². The lowest BCUT2D eigenvalue weighted by molar-refractivity contribution is 0.0264. The number of amides is 2. The number of nitrogens with one attached hydrogen (secondary N) is 1. The Balaban J connectivity index is 0.984. The summed E-state index contributed by atoms with van der Waals surface area (Å²) >= 11 is 4.94. The van der Waals surface area contributed by atoms with Gasteiger partial charge < -0.3 is 43.4 Å². The van der Waals surface area contributed by atoms with Crippen molar-refractivity contribution in [3.8, 4) is 23.0 Å². The van der Waals surface area contributed by atoms with Gasteiger partial charge in [-0.05, 0) is 78.6 Å². The number of rotatable bonds is 20. The van der Waals surface area contributed by atoms with E-state index in [1.54, 1.807) is 39.5 Å². The van der Waals surface area contributed by atoms with Gasteiger partial charge in [0.2, 0.25) is 0 Å². The normalized spacial score (nSPS) is 16.6. The van der Waals surface area contributed by atoms with Gasteiger partial charge in [-0.1, -0.05) is 36.4 Å². The Morgan fingerprint density at radius 1 is 0.701 bits per heavy atom. The van der Waals surface area contributed by atoms with E-state index in [-0.39, 0.29) is 42.0 Å². The Hall–Kier alpha value is -6.26. The molecule has 9 rings (SSSR count). The summed E-state index contributed by atoms with van der Waals surface area (Å²) in [6.07, 6.45) is 3.04. The van der Waals surface area contributed by atoms with Crippen molar-refractivity contribution < 1.29 is 42.7 Å². The van der Waals surface area contributed by atoms with E-state index < -0.39 is 0 Å². The zero-order valence-corrected chi connectivity index (χ0v) is 39.5. The van der Waals surface area contributed by atoms with Crippen molar-refractivity contribution in [3.63, 3.8) is 0 Å². The number of aliphatic imine (C=N–C) groups is 1. The minimum absolute atomic E-state index is 0.0867. The Labute approximate surface area is 397 Å². The lowest BCUT2D eigenvalue weighted by atomic mass is 10.1. The van der Waals surface area contributed by atoms with Crippen LogP contribution in [0.1, 0.15) is 56.8 Å². The number of carbonyl (C=O) groups excluding carboxylic acids is 2. The predicted octanol–water partition coefficient (Wildman–Crippen LogP) is 8.30. The number of methoxy groups -OCH3 is 3. The van der Waals surface area contributed by atoms with Gasteiger partial charge in [0.05, 0.1) is 75.8 Å². The fraction of sp³-hybridized carbons (Fsp3) is 0.365. The number of anilines is 4. The van der Waals surface area contributed by atoms with Crippen molar-refractivity contribution in [2.24, 2.45) is 4.99 Å². The fourth-order valence-electron chi connectivity index (χ4n) is 9.20. The lowest BCUT2D eigenvalue weighted by Crippen LogP contribution is -2.46. The van der Waals surface area contributed by atoms with Crippen molar-refractivity contribution >= 4 is 59.1 Å². The summed E-state index contributed by atoms with van der Waals surface area (Å²) in [5.74, 6) is 1.60. The van der Waals surface area contributed by atoms with E-state index in [1.165, 1.54) is 0 Å². The highest BCUT2D eigenvalue weighted by Gasteiger charge is 2.40. The van der Waals surface area contributed by atoms with E-state index in [1.807, 2.05) is 64.5 Å². The van der Waals surface area contributed by atoms with E-state index in [0.29, 0.717) is 104 Å². The molecule has 0 spiro atoms. The summed E-state index contributed by atoms with van der Waals surface area (Å²) in [6.45, 7) is 8.12. The van der Waals surface area contributed by atoms with Crippen molar-refractivity contribution in [2.75, 3.05) is 87.5 Å². The van der Waals surface area contributed by atoms with E-state index >= 15 is 0 Å². The second-order valence-corrected chi connectivity index (χ2v) is 18.8. The average molecular weight is 928 g/mol. The molecule has 0 bridgehead atoms. The number of hydrogen-bond donors (Lipinski definition) is 2. The molecular weight excluding hydrogens is 871 g/mol. The van der Waals surface area contributed by atoms with E-state index in [2.05, 4.69) is 48.3 Å². The molecule has 14 nitrogen and oxygen atoms in total. The number of fused-ring (bicyclic) bond motifs is 8. The molecule has 4 heterocycles.